The van der Waals surface area contributed by atoms with E-state index in [0.29, 0.717) is 13.0 Å². The second-order valence-electron chi connectivity index (χ2n) is 4.10. The van der Waals surface area contributed by atoms with Crippen molar-refractivity contribution in [3.8, 4) is 0 Å². The third-order valence-corrected chi connectivity index (χ3v) is 4.09. The van der Waals surface area contributed by atoms with Crippen LogP contribution in [0.15, 0.2) is 12.7 Å². The van der Waals surface area contributed by atoms with Gasteiger partial charge in [0.25, 0.3) is 10.1 Å². The molecule has 104 valence electrons. The quantitative estimate of drug-likeness (QED) is 0.422. The molecule has 4 nitrogen and oxygen atoms in total. The fourth-order valence-electron chi connectivity index (χ4n) is 1.13. The van der Waals surface area contributed by atoms with E-state index in [-0.39, 0.29) is 0 Å². The Morgan fingerprint density at radius 2 is 1.82 bits per heavy atom. The standard InChI is InChI=1S/C9H21NO3S.C3H6/c1-4-6-7-8-10-9(3,5-2)14(11,12)13;1-3-2/h10H,4-8H2,1-3H3,(H,11,12,13);3H,1H2,2H3. The fourth-order valence-corrected chi connectivity index (χ4v) is 1.78. The molecule has 5 heteroatoms. The maximum atomic E-state index is 11.0. The molecular formula is C12H27NO3S. The summed E-state index contributed by atoms with van der Waals surface area (Å²) < 4.78 is 31.1. The molecule has 0 aromatic rings. The maximum Gasteiger partial charge on any atom is 0.283 e. The smallest absolute Gasteiger partial charge is 0.283 e. The molecule has 0 fully saturated rings. The van der Waals surface area contributed by atoms with Crippen LogP contribution < -0.4 is 5.32 Å². The molecule has 0 spiro atoms. The monoisotopic (exact) mass is 265 g/mol. The van der Waals surface area contributed by atoms with Gasteiger partial charge in [0.15, 0.2) is 0 Å². The Morgan fingerprint density at radius 3 is 2.12 bits per heavy atom. The minimum atomic E-state index is -4.01. The predicted octanol–water partition coefficient (Wildman–Crippen LogP) is 2.97. The molecule has 0 amide bonds. The van der Waals surface area contributed by atoms with E-state index in [1.165, 1.54) is 6.92 Å². The largest absolute Gasteiger partial charge is 0.297 e. The lowest BCUT2D eigenvalue weighted by molar-refractivity contribution is 0.380. The van der Waals surface area contributed by atoms with E-state index in [9.17, 15) is 8.42 Å². The van der Waals surface area contributed by atoms with Crippen molar-refractivity contribution >= 4 is 10.1 Å². The van der Waals surface area contributed by atoms with E-state index in [1.54, 1.807) is 13.0 Å². The Hall–Kier alpha value is -0.390. The molecule has 0 bridgehead atoms. The second-order valence-corrected chi connectivity index (χ2v) is 5.95. The molecule has 1 atom stereocenters. The summed E-state index contributed by atoms with van der Waals surface area (Å²) >= 11 is 0. The van der Waals surface area contributed by atoms with E-state index in [1.807, 2.05) is 6.92 Å². The summed E-state index contributed by atoms with van der Waals surface area (Å²) in [5.74, 6) is 0. The topological polar surface area (TPSA) is 66.4 Å². The summed E-state index contributed by atoms with van der Waals surface area (Å²) in [4.78, 5) is -1.19. The molecular weight excluding hydrogens is 238 g/mol. The SMILES string of the molecule is C=CC.CCCCCNC(C)(CC)S(=O)(=O)O. The van der Waals surface area contributed by atoms with Gasteiger partial charge in [0.1, 0.15) is 4.87 Å². The fraction of sp³-hybridized carbons (Fsp3) is 0.833. The highest BCUT2D eigenvalue weighted by molar-refractivity contribution is 7.87. The van der Waals surface area contributed by atoms with Gasteiger partial charge in [0, 0.05) is 0 Å². The lowest BCUT2D eigenvalue weighted by atomic mass is 10.2. The zero-order valence-corrected chi connectivity index (χ0v) is 12.3. The van der Waals surface area contributed by atoms with Crippen LogP contribution >= 0.6 is 0 Å². The Kier molecular flexibility index (Phi) is 10.7. The van der Waals surface area contributed by atoms with Crippen molar-refractivity contribution in [2.45, 2.75) is 58.2 Å². The summed E-state index contributed by atoms with van der Waals surface area (Å²) in [5, 5.41) is 2.88. The lowest BCUT2D eigenvalue weighted by Gasteiger charge is -2.26. The van der Waals surface area contributed by atoms with Crippen molar-refractivity contribution in [3.05, 3.63) is 12.7 Å². The summed E-state index contributed by atoms with van der Waals surface area (Å²) in [6.45, 7) is 11.2. The average Bonchev–Trinajstić information content (AvgIpc) is 2.23. The van der Waals surface area contributed by atoms with Crippen LogP contribution in [-0.4, -0.2) is 24.4 Å². The molecule has 0 aromatic carbocycles. The molecule has 0 aliphatic carbocycles. The first-order chi connectivity index (χ1) is 7.79. The number of unbranched alkanes of at least 4 members (excludes halogenated alkanes) is 2. The molecule has 1 unspecified atom stereocenters. The third kappa shape index (κ3) is 8.35. The van der Waals surface area contributed by atoms with Crippen LogP contribution in [0, 0.1) is 0 Å². The van der Waals surface area contributed by atoms with Crippen molar-refractivity contribution in [2.75, 3.05) is 6.54 Å². The van der Waals surface area contributed by atoms with Crippen LogP contribution in [0.2, 0.25) is 0 Å². The van der Waals surface area contributed by atoms with E-state index < -0.39 is 15.0 Å². The highest BCUT2D eigenvalue weighted by Crippen LogP contribution is 2.16. The van der Waals surface area contributed by atoms with Gasteiger partial charge < -0.3 is 0 Å². The van der Waals surface area contributed by atoms with Gasteiger partial charge >= 0.3 is 0 Å². The normalized spacial score (nSPS) is 14.4. The van der Waals surface area contributed by atoms with Gasteiger partial charge in [-0.05, 0) is 33.2 Å². The first-order valence-corrected chi connectivity index (χ1v) is 7.52. The van der Waals surface area contributed by atoms with Crippen molar-refractivity contribution in [1.29, 1.82) is 0 Å². The molecule has 0 saturated carbocycles. The van der Waals surface area contributed by atoms with Gasteiger partial charge in [-0.1, -0.05) is 32.8 Å². The number of hydrogen-bond acceptors (Lipinski definition) is 3. The summed E-state index contributed by atoms with van der Waals surface area (Å²) in [7, 11) is -4.01. The molecule has 0 rings (SSSR count). The van der Waals surface area contributed by atoms with E-state index in [4.69, 9.17) is 4.55 Å². The van der Waals surface area contributed by atoms with Gasteiger partial charge in [0.05, 0.1) is 0 Å². The Bertz CT molecular complexity index is 288. The Labute approximate surface area is 106 Å². The van der Waals surface area contributed by atoms with Gasteiger partial charge in [0.2, 0.25) is 0 Å². The van der Waals surface area contributed by atoms with Crippen molar-refractivity contribution < 1.29 is 13.0 Å². The molecule has 0 heterocycles. The number of hydrogen-bond donors (Lipinski definition) is 2. The van der Waals surface area contributed by atoms with Crippen molar-refractivity contribution in [1.82, 2.24) is 5.32 Å². The summed E-state index contributed by atoms with van der Waals surface area (Å²) in [6.07, 6.45) is 5.20. The predicted molar refractivity (Wildman–Crippen MR) is 73.6 cm³/mol. The van der Waals surface area contributed by atoms with Gasteiger partial charge in [-0.2, -0.15) is 8.42 Å². The molecule has 0 aliphatic heterocycles. The van der Waals surface area contributed by atoms with Gasteiger partial charge in [-0.25, -0.2) is 0 Å². The second kappa shape index (κ2) is 9.62. The zero-order valence-electron chi connectivity index (χ0n) is 11.5. The van der Waals surface area contributed by atoms with Crippen LogP contribution in [0.1, 0.15) is 53.4 Å². The first kappa shape index (κ1) is 19.0. The molecule has 2 N–H and O–H groups in total. The molecule has 0 aliphatic rings. The first-order valence-electron chi connectivity index (χ1n) is 6.08. The van der Waals surface area contributed by atoms with E-state index in [0.717, 1.165) is 19.3 Å². The zero-order chi connectivity index (χ0) is 13.9. The Balaban J connectivity index is 0. The molecule has 0 saturated heterocycles. The van der Waals surface area contributed by atoms with Crippen molar-refractivity contribution in [3.63, 3.8) is 0 Å². The third-order valence-electron chi connectivity index (χ3n) is 2.52. The Morgan fingerprint density at radius 1 is 1.35 bits per heavy atom. The molecule has 0 aromatic heterocycles. The van der Waals surface area contributed by atoms with Crippen LogP contribution in [0.25, 0.3) is 0 Å². The average molecular weight is 265 g/mol. The lowest BCUT2D eigenvalue weighted by Crippen LogP contribution is -2.48. The van der Waals surface area contributed by atoms with Crippen LogP contribution in [0.5, 0.6) is 0 Å². The summed E-state index contributed by atoms with van der Waals surface area (Å²) in [6, 6.07) is 0. The number of allylic oxidation sites excluding steroid dienone is 1. The van der Waals surface area contributed by atoms with Crippen molar-refractivity contribution in [2.24, 2.45) is 0 Å². The van der Waals surface area contributed by atoms with E-state index in [2.05, 4.69) is 18.8 Å². The van der Waals surface area contributed by atoms with Crippen LogP contribution in [-0.2, 0) is 10.1 Å². The minimum Gasteiger partial charge on any atom is -0.297 e. The molecule has 0 radical (unpaired) electrons. The van der Waals surface area contributed by atoms with Gasteiger partial charge in [-0.15, -0.1) is 6.58 Å². The maximum absolute atomic E-state index is 11.0. The van der Waals surface area contributed by atoms with E-state index >= 15 is 0 Å². The highest BCUT2D eigenvalue weighted by Gasteiger charge is 2.35. The highest BCUT2D eigenvalue weighted by atomic mass is 32.2. The number of nitrogens with one attached hydrogen (secondary N) is 1. The summed E-state index contributed by atoms with van der Waals surface area (Å²) in [5.41, 5.74) is 0. The van der Waals surface area contributed by atoms with Gasteiger partial charge in [-0.3, -0.25) is 9.87 Å². The molecule has 17 heavy (non-hydrogen) atoms. The minimum absolute atomic E-state index is 0.359. The van der Waals surface area contributed by atoms with Crippen LogP contribution in [0.3, 0.4) is 0 Å². The van der Waals surface area contributed by atoms with Crippen LogP contribution in [0.4, 0.5) is 0 Å². The number of rotatable bonds is 7.